The molecule has 0 unspecified atom stereocenters. The van der Waals surface area contributed by atoms with Crippen molar-refractivity contribution in [3.8, 4) is 17.1 Å². The van der Waals surface area contributed by atoms with E-state index in [9.17, 15) is 8.78 Å². The third-order valence-electron chi connectivity index (χ3n) is 6.06. The summed E-state index contributed by atoms with van der Waals surface area (Å²) < 4.78 is 34.8. The molecule has 0 bridgehead atoms. The number of nitrogens with zero attached hydrogens (tertiary/aromatic N) is 4. The number of nitrogens with two attached hydrogens (primary N) is 1. The Morgan fingerprint density at radius 3 is 2.67 bits per heavy atom. The second-order valence-electron chi connectivity index (χ2n) is 7.66. The molecule has 0 aliphatic heterocycles. The lowest BCUT2D eigenvalue weighted by molar-refractivity contribution is 0.00648. The van der Waals surface area contributed by atoms with E-state index in [1.54, 1.807) is 13.2 Å². The van der Waals surface area contributed by atoms with E-state index in [4.69, 9.17) is 15.6 Å². The molecule has 0 atom stereocenters. The van der Waals surface area contributed by atoms with E-state index >= 15 is 0 Å². The molecule has 0 radical (unpaired) electrons. The van der Waals surface area contributed by atoms with Gasteiger partial charge in [0.1, 0.15) is 22.8 Å². The second kappa shape index (κ2) is 5.61. The molecule has 3 heterocycles. The molecule has 2 fully saturated rings. The predicted molar refractivity (Wildman–Crippen MR) is 95.4 cm³/mol. The first kappa shape index (κ1) is 16.4. The predicted octanol–water partition coefficient (Wildman–Crippen LogP) is 3.71. The van der Waals surface area contributed by atoms with Crippen LogP contribution in [-0.2, 0) is 0 Å². The average Bonchev–Trinajstić information content (AvgIpc) is 2.97. The van der Waals surface area contributed by atoms with Crippen molar-refractivity contribution >= 4 is 11.5 Å². The summed E-state index contributed by atoms with van der Waals surface area (Å²) in [6.07, 6.45) is 7.54. The molecule has 3 aromatic heterocycles. The summed E-state index contributed by atoms with van der Waals surface area (Å²) in [5, 5.41) is 4.71. The number of methoxy groups -OCH3 is 1. The zero-order valence-electron chi connectivity index (χ0n) is 14.9. The van der Waals surface area contributed by atoms with Gasteiger partial charge in [0.2, 0.25) is 0 Å². The molecule has 2 aliphatic rings. The van der Waals surface area contributed by atoms with Crippen molar-refractivity contribution in [3.05, 3.63) is 35.7 Å². The number of hydrogen-bond donors (Lipinski definition) is 1. The number of halogens is 2. The number of aromatic nitrogens is 4. The highest BCUT2D eigenvalue weighted by Gasteiger charge is 2.49. The van der Waals surface area contributed by atoms with E-state index < -0.39 is 11.6 Å². The number of pyridine rings is 1. The van der Waals surface area contributed by atoms with E-state index in [2.05, 4.69) is 9.97 Å². The van der Waals surface area contributed by atoms with E-state index in [0.29, 0.717) is 28.4 Å². The highest BCUT2D eigenvalue weighted by Crippen LogP contribution is 2.62. The maximum Gasteiger partial charge on any atom is 0.168 e. The summed E-state index contributed by atoms with van der Waals surface area (Å²) in [5.74, 6) is -1.05. The number of imidazole rings is 1. The Morgan fingerprint density at radius 2 is 2.00 bits per heavy atom. The van der Waals surface area contributed by atoms with Crippen LogP contribution >= 0.6 is 0 Å². The first-order valence-electron chi connectivity index (χ1n) is 9.04. The average molecular weight is 371 g/mol. The van der Waals surface area contributed by atoms with Crippen LogP contribution in [0, 0.1) is 17.0 Å². The molecule has 0 amide bonds. The van der Waals surface area contributed by atoms with E-state index in [1.807, 2.05) is 0 Å². The standard InChI is InChI=1S/C19H19F2N5O/c1-27-14-6-15-23-9-13(17-11(20)5-12(21)18(22)24-17)26(15)25-16(14)10-7-19(8-10)3-2-4-19/h5-6,9-10H,2-4,7-8H2,1H3,(H2,22,24). The monoisotopic (exact) mass is 371 g/mol. The van der Waals surface area contributed by atoms with Crippen LogP contribution in [0.1, 0.15) is 43.7 Å². The van der Waals surface area contributed by atoms with Gasteiger partial charge in [0.25, 0.3) is 0 Å². The summed E-state index contributed by atoms with van der Waals surface area (Å²) in [6, 6.07) is 2.52. The lowest BCUT2D eigenvalue weighted by Gasteiger charge is -2.54. The summed E-state index contributed by atoms with van der Waals surface area (Å²) in [7, 11) is 1.61. The van der Waals surface area contributed by atoms with Crippen molar-refractivity contribution in [2.24, 2.45) is 5.41 Å². The molecular formula is C19H19F2N5O. The molecule has 2 saturated carbocycles. The zero-order valence-corrected chi connectivity index (χ0v) is 14.9. The Kier molecular flexibility index (Phi) is 3.41. The molecule has 27 heavy (non-hydrogen) atoms. The Morgan fingerprint density at radius 1 is 1.22 bits per heavy atom. The van der Waals surface area contributed by atoms with Gasteiger partial charge < -0.3 is 10.5 Å². The van der Waals surface area contributed by atoms with Crippen LogP contribution in [0.15, 0.2) is 18.3 Å². The smallest absolute Gasteiger partial charge is 0.168 e. The molecule has 3 aromatic rings. The maximum absolute atomic E-state index is 14.3. The Hall–Kier alpha value is -2.77. The Labute approximate surface area is 154 Å². The van der Waals surface area contributed by atoms with Gasteiger partial charge in [0.15, 0.2) is 23.1 Å². The van der Waals surface area contributed by atoms with Gasteiger partial charge in [-0.25, -0.2) is 23.3 Å². The fourth-order valence-electron chi connectivity index (χ4n) is 4.44. The van der Waals surface area contributed by atoms with Crippen LogP contribution in [0.4, 0.5) is 14.6 Å². The van der Waals surface area contributed by atoms with Gasteiger partial charge in [-0.05, 0) is 31.1 Å². The van der Waals surface area contributed by atoms with Crippen LogP contribution < -0.4 is 10.5 Å². The molecule has 2 aliphatic carbocycles. The molecule has 8 heteroatoms. The van der Waals surface area contributed by atoms with Gasteiger partial charge >= 0.3 is 0 Å². The van der Waals surface area contributed by atoms with Crippen LogP contribution in [0.25, 0.3) is 17.0 Å². The van der Waals surface area contributed by atoms with Gasteiger partial charge in [-0.15, -0.1) is 0 Å². The summed E-state index contributed by atoms with van der Waals surface area (Å²) >= 11 is 0. The Bertz CT molecular complexity index is 1050. The molecular weight excluding hydrogens is 352 g/mol. The van der Waals surface area contributed by atoms with Crippen molar-refractivity contribution < 1.29 is 13.5 Å². The number of nitrogen functional groups attached to an aromatic ring is 1. The van der Waals surface area contributed by atoms with Crippen LogP contribution in [0.2, 0.25) is 0 Å². The number of ether oxygens (including phenoxy) is 1. The van der Waals surface area contributed by atoms with Crippen molar-refractivity contribution in [1.82, 2.24) is 19.6 Å². The van der Waals surface area contributed by atoms with Gasteiger partial charge in [-0.1, -0.05) is 6.42 Å². The van der Waals surface area contributed by atoms with Crippen molar-refractivity contribution in [1.29, 1.82) is 0 Å². The normalized spacial score (nSPS) is 18.5. The van der Waals surface area contributed by atoms with Crippen LogP contribution in [-0.4, -0.2) is 26.7 Å². The number of hydrogen-bond acceptors (Lipinski definition) is 5. The lowest BCUT2D eigenvalue weighted by Crippen LogP contribution is -2.41. The largest absolute Gasteiger partial charge is 0.495 e. The third kappa shape index (κ3) is 2.39. The van der Waals surface area contributed by atoms with Crippen molar-refractivity contribution in [2.45, 2.75) is 38.0 Å². The van der Waals surface area contributed by atoms with Gasteiger partial charge in [-0.2, -0.15) is 5.10 Å². The third-order valence-corrected chi connectivity index (χ3v) is 6.06. The quantitative estimate of drug-likeness (QED) is 0.759. The fourth-order valence-corrected chi connectivity index (χ4v) is 4.44. The maximum atomic E-state index is 14.3. The van der Waals surface area contributed by atoms with Gasteiger partial charge in [-0.3, -0.25) is 0 Å². The van der Waals surface area contributed by atoms with Gasteiger partial charge in [0.05, 0.1) is 13.3 Å². The molecule has 5 rings (SSSR count). The minimum absolute atomic E-state index is 0.0749. The summed E-state index contributed by atoms with van der Waals surface area (Å²) in [6.45, 7) is 0. The minimum Gasteiger partial charge on any atom is -0.495 e. The summed E-state index contributed by atoms with van der Waals surface area (Å²) in [4.78, 5) is 8.13. The SMILES string of the molecule is COc1cc2ncc(-c3nc(N)c(F)cc3F)n2nc1C1CC2(CCC2)C1. The van der Waals surface area contributed by atoms with Crippen LogP contribution in [0.5, 0.6) is 5.75 Å². The number of rotatable bonds is 3. The molecule has 0 aromatic carbocycles. The molecule has 2 N–H and O–H groups in total. The highest BCUT2D eigenvalue weighted by atomic mass is 19.1. The summed E-state index contributed by atoms with van der Waals surface area (Å²) in [5.41, 5.74) is 7.62. The molecule has 6 nitrogen and oxygen atoms in total. The van der Waals surface area contributed by atoms with Crippen molar-refractivity contribution in [2.75, 3.05) is 12.8 Å². The van der Waals surface area contributed by atoms with Crippen molar-refractivity contribution in [3.63, 3.8) is 0 Å². The molecule has 0 saturated heterocycles. The highest BCUT2D eigenvalue weighted by molar-refractivity contribution is 5.63. The van der Waals surface area contributed by atoms with Gasteiger partial charge in [0, 0.05) is 18.1 Å². The topological polar surface area (TPSA) is 78.3 Å². The lowest BCUT2D eigenvalue weighted by atomic mass is 9.51. The first-order chi connectivity index (χ1) is 13.0. The van der Waals surface area contributed by atoms with Crippen LogP contribution in [0.3, 0.4) is 0 Å². The fraction of sp³-hybridized carbons (Fsp3) is 0.421. The van der Waals surface area contributed by atoms with E-state index in [0.717, 1.165) is 24.6 Å². The minimum atomic E-state index is -0.888. The number of fused-ring (bicyclic) bond motifs is 1. The van der Waals surface area contributed by atoms with E-state index in [-0.39, 0.29) is 11.5 Å². The van der Waals surface area contributed by atoms with E-state index in [1.165, 1.54) is 30.0 Å². The molecule has 140 valence electrons. The first-order valence-corrected chi connectivity index (χ1v) is 9.04. The molecule has 1 spiro atoms. The number of anilines is 1. The Balaban J connectivity index is 1.61. The second-order valence-corrected chi connectivity index (χ2v) is 7.66. The zero-order chi connectivity index (χ0) is 18.8.